The SMILES string of the molecule is Cc1c(-c2ccnn2-c2ccc(C#N)cc2)c(=O)n(C)c(=O)n1-c1cccc(-c2ccccc2)c1.Cc1c(-c2ccnn2-c2ccc(C#N)cc2)c(=O)n(C)c(=O)n1-c1cccc(Br)c1. The highest BCUT2D eigenvalue weighted by atomic mass is 79.9. The van der Waals surface area contributed by atoms with Crippen LogP contribution < -0.4 is 22.5 Å². The van der Waals surface area contributed by atoms with Gasteiger partial charge in [-0.1, -0.05) is 64.5 Å². The van der Waals surface area contributed by atoms with E-state index in [0.29, 0.717) is 67.8 Å². The molecule has 9 rings (SSSR count). The summed E-state index contributed by atoms with van der Waals surface area (Å²) in [7, 11) is 2.94. The summed E-state index contributed by atoms with van der Waals surface area (Å²) in [5.74, 6) is 0. The molecule has 0 atom stereocenters. The van der Waals surface area contributed by atoms with Crippen LogP contribution in [0.4, 0.5) is 0 Å². The molecule has 4 aromatic heterocycles. The summed E-state index contributed by atoms with van der Waals surface area (Å²) in [6.07, 6.45) is 3.21. The molecule has 0 aliphatic heterocycles. The van der Waals surface area contributed by atoms with Gasteiger partial charge in [0.1, 0.15) is 0 Å². The second kappa shape index (κ2) is 18.0. The molecule has 65 heavy (non-hydrogen) atoms. The van der Waals surface area contributed by atoms with Crippen LogP contribution in [0, 0.1) is 36.5 Å². The van der Waals surface area contributed by atoms with Crippen molar-refractivity contribution in [3.05, 3.63) is 221 Å². The van der Waals surface area contributed by atoms with Crippen molar-refractivity contribution in [2.45, 2.75) is 13.8 Å². The second-order valence-corrected chi connectivity index (χ2v) is 15.8. The smallest absolute Gasteiger partial charge is 0.268 e. The standard InChI is InChI=1S/C28H21N5O2.C22H16BrN5O2/c1-19-26(25-15-16-30-33(25)23-13-11-20(18-29)12-14-23)27(34)31(2)28(35)32(19)24-10-6-9-22(17-24)21-7-4-3-5-8-21;1-14-20(19-10-11-25-28(19)17-8-6-15(13-24)7-9-17)21(29)26(2)22(30)27(14)18-5-3-4-16(23)12-18/h3-17H,1-2H3;3-12H,1-2H3. The molecule has 0 unspecified atom stereocenters. The molecule has 4 heterocycles. The molecule has 0 amide bonds. The topological polar surface area (TPSA) is 171 Å². The maximum Gasteiger partial charge on any atom is 0.335 e. The highest BCUT2D eigenvalue weighted by Crippen LogP contribution is 2.27. The zero-order valence-corrected chi connectivity index (χ0v) is 37.0. The molecule has 9 aromatic rings. The number of hydrogen-bond donors (Lipinski definition) is 0. The zero-order valence-electron chi connectivity index (χ0n) is 35.4. The number of aromatic nitrogens is 8. The lowest BCUT2D eigenvalue weighted by molar-refractivity contribution is 0.713. The first kappa shape index (κ1) is 43.0. The number of benzene rings is 5. The first-order chi connectivity index (χ1) is 31.4. The van der Waals surface area contributed by atoms with Gasteiger partial charge < -0.3 is 0 Å². The van der Waals surface area contributed by atoms with Crippen molar-refractivity contribution < 1.29 is 0 Å². The van der Waals surface area contributed by atoms with Gasteiger partial charge in [-0.05, 0) is 116 Å². The molecule has 0 saturated heterocycles. The molecule has 0 aliphatic rings. The van der Waals surface area contributed by atoms with E-state index in [1.807, 2.05) is 78.9 Å². The zero-order chi connectivity index (χ0) is 45.9. The van der Waals surface area contributed by atoms with Crippen molar-refractivity contribution in [2.24, 2.45) is 14.1 Å². The molecule has 0 radical (unpaired) electrons. The molecular weight excluding hydrogens is 885 g/mol. The van der Waals surface area contributed by atoms with E-state index >= 15 is 0 Å². The number of rotatable bonds is 7. The number of nitriles is 2. The molecule has 0 N–H and O–H groups in total. The molecule has 14 nitrogen and oxygen atoms in total. The van der Waals surface area contributed by atoms with Crippen molar-refractivity contribution in [1.29, 1.82) is 10.5 Å². The minimum Gasteiger partial charge on any atom is -0.268 e. The molecule has 15 heteroatoms. The van der Waals surface area contributed by atoms with Crippen LogP contribution in [-0.4, -0.2) is 37.8 Å². The van der Waals surface area contributed by atoms with Gasteiger partial charge in [-0.15, -0.1) is 0 Å². The highest BCUT2D eigenvalue weighted by Gasteiger charge is 2.23. The van der Waals surface area contributed by atoms with Gasteiger partial charge >= 0.3 is 11.4 Å². The van der Waals surface area contributed by atoms with Gasteiger partial charge in [0.15, 0.2) is 0 Å². The van der Waals surface area contributed by atoms with E-state index in [-0.39, 0.29) is 0 Å². The molecule has 0 spiro atoms. The maximum absolute atomic E-state index is 13.3. The Morgan fingerprint density at radius 3 is 1.37 bits per heavy atom. The van der Waals surface area contributed by atoms with Crippen LogP contribution in [0.2, 0.25) is 0 Å². The Hall–Kier alpha value is -8.66. The molecule has 0 aliphatic carbocycles. The number of hydrogen-bond acceptors (Lipinski definition) is 8. The normalized spacial score (nSPS) is 10.8. The quantitative estimate of drug-likeness (QED) is 0.158. The monoisotopic (exact) mass is 920 g/mol. The summed E-state index contributed by atoms with van der Waals surface area (Å²) in [6, 6.07) is 46.4. The predicted octanol–water partition coefficient (Wildman–Crippen LogP) is 7.57. The van der Waals surface area contributed by atoms with Crippen LogP contribution in [-0.2, 0) is 14.1 Å². The summed E-state index contributed by atoms with van der Waals surface area (Å²) < 4.78 is 9.37. The Bertz CT molecular complexity index is 3600. The molecule has 318 valence electrons. The van der Waals surface area contributed by atoms with Crippen molar-refractivity contribution in [1.82, 2.24) is 37.8 Å². The van der Waals surface area contributed by atoms with Crippen LogP contribution in [0.5, 0.6) is 0 Å². The number of halogens is 1. The van der Waals surface area contributed by atoms with Gasteiger partial charge in [-0.25, -0.2) is 19.0 Å². The highest BCUT2D eigenvalue weighted by molar-refractivity contribution is 9.10. The molecule has 5 aromatic carbocycles. The van der Waals surface area contributed by atoms with Crippen LogP contribution in [0.25, 0.3) is 56.4 Å². The van der Waals surface area contributed by atoms with E-state index < -0.39 is 22.5 Å². The summed E-state index contributed by atoms with van der Waals surface area (Å²) in [6.45, 7) is 3.51. The Morgan fingerprint density at radius 2 is 0.923 bits per heavy atom. The third-order valence-corrected chi connectivity index (χ3v) is 11.4. The lowest BCUT2D eigenvalue weighted by Gasteiger charge is -2.17. The fraction of sp³-hybridized carbons (Fsp3) is 0.0800. The van der Waals surface area contributed by atoms with Crippen molar-refractivity contribution in [3.63, 3.8) is 0 Å². The van der Waals surface area contributed by atoms with E-state index in [1.54, 1.807) is 101 Å². The van der Waals surface area contributed by atoms with Gasteiger partial charge in [0.25, 0.3) is 11.1 Å². The van der Waals surface area contributed by atoms with Crippen molar-refractivity contribution in [2.75, 3.05) is 0 Å². The maximum atomic E-state index is 13.3. The van der Waals surface area contributed by atoms with E-state index in [1.165, 1.54) is 18.7 Å². The lowest BCUT2D eigenvalue weighted by Crippen LogP contribution is -2.39. The van der Waals surface area contributed by atoms with Gasteiger partial charge in [0.05, 0.1) is 80.9 Å². The minimum absolute atomic E-state index is 0.374. The second-order valence-electron chi connectivity index (χ2n) is 14.9. The van der Waals surface area contributed by atoms with E-state index in [9.17, 15) is 19.2 Å². The van der Waals surface area contributed by atoms with Crippen molar-refractivity contribution in [3.8, 4) is 68.5 Å². The van der Waals surface area contributed by atoms with Crippen LogP contribution in [0.1, 0.15) is 22.5 Å². The van der Waals surface area contributed by atoms with Crippen LogP contribution in [0.3, 0.4) is 0 Å². The summed E-state index contributed by atoms with van der Waals surface area (Å²) >= 11 is 3.43. The average Bonchev–Trinajstić information content (AvgIpc) is 4.02. The average molecular weight is 922 g/mol. The Balaban J connectivity index is 0.000000179. The summed E-state index contributed by atoms with van der Waals surface area (Å²) in [4.78, 5) is 52.6. The fourth-order valence-corrected chi connectivity index (χ4v) is 8.04. The largest absolute Gasteiger partial charge is 0.335 e. The summed E-state index contributed by atoms with van der Waals surface area (Å²) in [5, 5.41) is 26.9. The third-order valence-electron chi connectivity index (χ3n) is 10.9. The Morgan fingerprint density at radius 1 is 0.492 bits per heavy atom. The molecular formula is C50H37BrN10O4. The molecule has 0 fully saturated rings. The third kappa shape index (κ3) is 8.11. The van der Waals surface area contributed by atoms with Crippen LogP contribution >= 0.6 is 15.9 Å². The minimum atomic E-state index is -0.427. The van der Waals surface area contributed by atoms with Gasteiger partial charge in [0.2, 0.25) is 0 Å². The fourth-order valence-electron chi connectivity index (χ4n) is 7.65. The number of nitrogens with zero attached hydrogens (tertiary/aromatic N) is 10. The molecule has 0 bridgehead atoms. The van der Waals surface area contributed by atoms with E-state index in [4.69, 9.17) is 10.5 Å². The summed E-state index contributed by atoms with van der Waals surface area (Å²) in [5.41, 5.74) is 7.00. The lowest BCUT2D eigenvalue weighted by atomic mass is 10.0. The van der Waals surface area contributed by atoms with Crippen LogP contribution in [0.15, 0.2) is 176 Å². The van der Waals surface area contributed by atoms with Gasteiger partial charge in [0, 0.05) is 30.0 Å². The molecule has 0 saturated carbocycles. The van der Waals surface area contributed by atoms with E-state index in [0.717, 1.165) is 24.7 Å². The van der Waals surface area contributed by atoms with Gasteiger partial charge in [-0.2, -0.15) is 20.7 Å². The first-order valence-corrected chi connectivity index (χ1v) is 20.9. The van der Waals surface area contributed by atoms with E-state index in [2.05, 4.69) is 38.3 Å². The first-order valence-electron chi connectivity index (χ1n) is 20.1. The Labute approximate surface area is 379 Å². The van der Waals surface area contributed by atoms with Gasteiger partial charge in [-0.3, -0.25) is 27.9 Å². The van der Waals surface area contributed by atoms with Crippen molar-refractivity contribution >= 4 is 15.9 Å². The Kier molecular flexibility index (Phi) is 11.9. The predicted molar refractivity (Wildman–Crippen MR) is 252 cm³/mol.